The van der Waals surface area contributed by atoms with Crippen molar-refractivity contribution in [3.05, 3.63) is 39.9 Å². The van der Waals surface area contributed by atoms with Crippen LogP contribution in [-0.2, 0) is 4.74 Å². The number of unbranched alkanes of at least 4 members (excludes halogenated alkanes) is 13. The average Bonchev–Trinajstić information content (AvgIpc) is 2.70. The van der Waals surface area contributed by atoms with Gasteiger partial charge in [-0.2, -0.15) is 0 Å². The second-order valence-corrected chi connectivity index (χ2v) is 7.54. The summed E-state index contributed by atoms with van der Waals surface area (Å²) >= 11 is 0. The summed E-state index contributed by atoms with van der Waals surface area (Å²) in [5, 5.41) is 10.6. The smallest absolute Gasteiger partial charge is 0.338 e. The molecule has 0 heterocycles. The zero-order valence-corrected chi connectivity index (χ0v) is 17.5. The Hall–Kier alpha value is -1.91. The molecule has 0 aliphatic carbocycles. The largest absolute Gasteiger partial charge is 0.462 e. The standard InChI is InChI=1S/C23H37NO4/c1-2-3-4-5-6-7-8-9-10-11-12-13-14-15-20-28-23(25)21-16-18-22(19-17-21)24(26)27/h16-19H,2-15,20H2,1H3. The first-order valence-electron chi connectivity index (χ1n) is 11.1. The molecule has 0 saturated heterocycles. The number of hydrogen-bond acceptors (Lipinski definition) is 4. The first-order chi connectivity index (χ1) is 13.6. The molecule has 28 heavy (non-hydrogen) atoms. The minimum atomic E-state index is -0.482. The molecule has 0 amide bonds. The van der Waals surface area contributed by atoms with E-state index in [0.29, 0.717) is 12.2 Å². The lowest BCUT2D eigenvalue weighted by atomic mass is 10.0. The van der Waals surface area contributed by atoms with Crippen molar-refractivity contribution in [1.29, 1.82) is 0 Å². The van der Waals surface area contributed by atoms with Crippen LogP contribution in [0.25, 0.3) is 0 Å². The van der Waals surface area contributed by atoms with Gasteiger partial charge in [0.2, 0.25) is 0 Å². The van der Waals surface area contributed by atoms with Crippen molar-refractivity contribution >= 4 is 11.7 Å². The zero-order valence-electron chi connectivity index (χ0n) is 17.5. The minimum absolute atomic E-state index is 0.0245. The Morgan fingerprint density at radius 1 is 0.786 bits per heavy atom. The molecule has 5 heteroatoms. The van der Waals surface area contributed by atoms with E-state index in [1.165, 1.54) is 101 Å². The molecule has 0 aromatic heterocycles. The van der Waals surface area contributed by atoms with Gasteiger partial charge in [0, 0.05) is 12.1 Å². The van der Waals surface area contributed by atoms with Crippen LogP contribution in [0.1, 0.15) is 107 Å². The molecular formula is C23H37NO4. The molecule has 0 spiro atoms. The summed E-state index contributed by atoms with van der Waals surface area (Å²) < 4.78 is 5.23. The Labute approximate surface area is 170 Å². The van der Waals surface area contributed by atoms with Gasteiger partial charge in [-0.25, -0.2) is 4.79 Å². The Kier molecular flexibility index (Phi) is 13.9. The number of hydrogen-bond donors (Lipinski definition) is 0. The Morgan fingerprint density at radius 3 is 1.64 bits per heavy atom. The van der Waals surface area contributed by atoms with Crippen LogP contribution in [0.15, 0.2) is 24.3 Å². The quantitative estimate of drug-likeness (QED) is 0.121. The van der Waals surface area contributed by atoms with Crippen molar-refractivity contribution in [3.63, 3.8) is 0 Å². The highest BCUT2D eigenvalue weighted by Crippen LogP contribution is 2.14. The molecular weight excluding hydrogens is 354 g/mol. The molecule has 1 rings (SSSR count). The van der Waals surface area contributed by atoms with E-state index < -0.39 is 10.9 Å². The van der Waals surface area contributed by atoms with E-state index in [1.54, 1.807) is 0 Å². The topological polar surface area (TPSA) is 69.4 Å². The van der Waals surface area contributed by atoms with E-state index in [4.69, 9.17) is 4.74 Å². The predicted octanol–water partition coefficient (Wildman–Crippen LogP) is 7.23. The zero-order chi connectivity index (χ0) is 20.5. The molecule has 0 unspecified atom stereocenters. The Balaban J connectivity index is 1.90. The van der Waals surface area contributed by atoms with Crippen LogP contribution >= 0.6 is 0 Å². The number of benzene rings is 1. The first-order valence-corrected chi connectivity index (χ1v) is 11.1. The fourth-order valence-electron chi connectivity index (χ4n) is 3.26. The van der Waals surface area contributed by atoms with Gasteiger partial charge in [-0.15, -0.1) is 0 Å². The molecule has 0 bridgehead atoms. The van der Waals surface area contributed by atoms with Crippen LogP contribution in [0.4, 0.5) is 5.69 Å². The highest BCUT2D eigenvalue weighted by molar-refractivity contribution is 5.89. The maximum absolute atomic E-state index is 11.9. The summed E-state index contributed by atoms with van der Waals surface area (Å²) in [5.74, 6) is -0.412. The van der Waals surface area contributed by atoms with E-state index >= 15 is 0 Å². The van der Waals surface area contributed by atoms with Gasteiger partial charge < -0.3 is 4.74 Å². The summed E-state index contributed by atoms with van der Waals surface area (Å²) in [6, 6.07) is 5.52. The number of nitrogens with zero attached hydrogens (tertiary/aromatic N) is 1. The third-order valence-electron chi connectivity index (χ3n) is 5.04. The van der Waals surface area contributed by atoms with Crippen LogP contribution in [0.2, 0.25) is 0 Å². The summed E-state index contributed by atoms with van der Waals surface area (Å²) in [4.78, 5) is 22.0. The number of nitro groups is 1. The van der Waals surface area contributed by atoms with Crippen molar-refractivity contribution in [2.45, 2.75) is 96.8 Å². The monoisotopic (exact) mass is 391 g/mol. The molecule has 1 aromatic rings. The summed E-state index contributed by atoms with van der Waals surface area (Å²) in [6.45, 7) is 2.67. The molecule has 0 fully saturated rings. The maximum atomic E-state index is 11.9. The van der Waals surface area contributed by atoms with Gasteiger partial charge >= 0.3 is 5.97 Å². The third kappa shape index (κ3) is 11.7. The Morgan fingerprint density at radius 2 is 1.21 bits per heavy atom. The van der Waals surface area contributed by atoms with E-state index in [-0.39, 0.29) is 5.69 Å². The van der Waals surface area contributed by atoms with Crippen molar-refractivity contribution < 1.29 is 14.5 Å². The van der Waals surface area contributed by atoms with E-state index in [2.05, 4.69) is 6.92 Å². The van der Waals surface area contributed by atoms with Gasteiger partial charge in [0.25, 0.3) is 5.69 Å². The first kappa shape index (κ1) is 24.1. The second kappa shape index (κ2) is 16.1. The number of carbonyl (C=O) groups is 1. The maximum Gasteiger partial charge on any atom is 0.338 e. The highest BCUT2D eigenvalue weighted by Gasteiger charge is 2.10. The molecule has 5 nitrogen and oxygen atoms in total. The average molecular weight is 392 g/mol. The number of esters is 1. The fraction of sp³-hybridized carbons (Fsp3) is 0.696. The van der Waals surface area contributed by atoms with E-state index in [1.807, 2.05) is 0 Å². The second-order valence-electron chi connectivity index (χ2n) is 7.54. The fourth-order valence-corrected chi connectivity index (χ4v) is 3.26. The van der Waals surface area contributed by atoms with Crippen LogP contribution < -0.4 is 0 Å². The van der Waals surface area contributed by atoms with Crippen LogP contribution in [0, 0.1) is 10.1 Å². The van der Waals surface area contributed by atoms with Gasteiger partial charge in [0.15, 0.2) is 0 Å². The van der Waals surface area contributed by atoms with Gasteiger partial charge in [-0.3, -0.25) is 10.1 Å². The van der Waals surface area contributed by atoms with Gasteiger partial charge in [0.05, 0.1) is 17.1 Å². The minimum Gasteiger partial charge on any atom is -0.462 e. The Bertz CT molecular complexity index is 542. The van der Waals surface area contributed by atoms with Crippen molar-refractivity contribution in [1.82, 2.24) is 0 Å². The molecule has 0 N–H and O–H groups in total. The lowest BCUT2D eigenvalue weighted by molar-refractivity contribution is -0.384. The molecule has 0 aliphatic heterocycles. The molecule has 158 valence electrons. The van der Waals surface area contributed by atoms with Crippen molar-refractivity contribution in [2.24, 2.45) is 0 Å². The van der Waals surface area contributed by atoms with Crippen LogP contribution in [0.3, 0.4) is 0 Å². The number of rotatable bonds is 17. The summed E-state index contributed by atoms with van der Waals surface area (Å²) in [6.07, 6.45) is 18.1. The normalized spacial score (nSPS) is 10.8. The van der Waals surface area contributed by atoms with Crippen molar-refractivity contribution in [2.75, 3.05) is 6.61 Å². The van der Waals surface area contributed by atoms with Crippen LogP contribution in [0.5, 0.6) is 0 Å². The molecule has 0 saturated carbocycles. The lowest BCUT2D eigenvalue weighted by Crippen LogP contribution is -2.06. The van der Waals surface area contributed by atoms with E-state index in [9.17, 15) is 14.9 Å². The third-order valence-corrected chi connectivity index (χ3v) is 5.04. The molecule has 0 aliphatic rings. The van der Waals surface area contributed by atoms with Crippen molar-refractivity contribution in [3.8, 4) is 0 Å². The number of carbonyl (C=O) groups excluding carboxylic acids is 1. The van der Waals surface area contributed by atoms with Gasteiger partial charge in [-0.1, -0.05) is 90.4 Å². The van der Waals surface area contributed by atoms with E-state index in [0.717, 1.165) is 12.8 Å². The predicted molar refractivity (Wildman–Crippen MR) is 114 cm³/mol. The number of ether oxygens (including phenoxy) is 1. The number of non-ortho nitro benzene ring substituents is 1. The van der Waals surface area contributed by atoms with Gasteiger partial charge in [0.1, 0.15) is 0 Å². The highest BCUT2D eigenvalue weighted by atomic mass is 16.6. The lowest BCUT2D eigenvalue weighted by Gasteiger charge is -2.05. The molecule has 0 atom stereocenters. The summed E-state index contributed by atoms with van der Waals surface area (Å²) in [7, 11) is 0. The van der Waals surface area contributed by atoms with Crippen LogP contribution in [-0.4, -0.2) is 17.5 Å². The molecule has 0 radical (unpaired) electrons. The molecule has 1 aromatic carbocycles. The summed E-state index contributed by atoms with van der Waals surface area (Å²) in [5.41, 5.74) is 0.333. The number of nitro benzene ring substituents is 1. The SMILES string of the molecule is CCCCCCCCCCCCCCCCOC(=O)c1ccc([N+](=O)[O-])cc1. The van der Waals surface area contributed by atoms with Gasteiger partial charge in [-0.05, 0) is 18.6 Å².